The van der Waals surface area contributed by atoms with Gasteiger partial charge in [0.2, 0.25) is 0 Å². The summed E-state index contributed by atoms with van der Waals surface area (Å²) < 4.78 is 0. The Balaban J connectivity index is 1.87. The molecule has 0 radical (unpaired) electrons. The first-order chi connectivity index (χ1) is 6.45. The van der Waals surface area contributed by atoms with Crippen LogP contribution in [0.5, 0.6) is 0 Å². The number of hydrogen-bond donors (Lipinski definition) is 0. The summed E-state index contributed by atoms with van der Waals surface area (Å²) in [6.07, 6.45) is 5.93. The lowest BCUT2D eigenvalue weighted by atomic mass is 9.90. The summed E-state index contributed by atoms with van der Waals surface area (Å²) >= 11 is 0. The molecule has 0 N–H and O–H groups in total. The zero-order valence-electron chi connectivity index (χ0n) is 7.95. The lowest BCUT2D eigenvalue weighted by Gasteiger charge is -2.15. The van der Waals surface area contributed by atoms with Crippen LogP contribution in [0.4, 0.5) is 0 Å². The van der Waals surface area contributed by atoms with Crippen molar-refractivity contribution >= 4 is 0 Å². The van der Waals surface area contributed by atoms with E-state index in [2.05, 4.69) is 30.3 Å². The van der Waals surface area contributed by atoms with E-state index < -0.39 is 0 Å². The van der Waals surface area contributed by atoms with Crippen LogP contribution in [0.15, 0.2) is 30.3 Å². The number of hydrogen-bond acceptors (Lipinski definition) is 0. The lowest BCUT2D eigenvalue weighted by Crippen LogP contribution is -2.02. The smallest absolute Gasteiger partial charge is 0.0105 e. The molecule has 2 saturated carbocycles. The van der Waals surface area contributed by atoms with Gasteiger partial charge in [-0.2, -0.15) is 0 Å². The van der Waals surface area contributed by atoms with Crippen LogP contribution in [-0.4, -0.2) is 0 Å². The van der Waals surface area contributed by atoms with Crippen LogP contribution >= 0.6 is 0 Å². The predicted molar refractivity (Wildman–Crippen MR) is 54.6 cm³/mol. The molecule has 13 heavy (non-hydrogen) atoms. The Morgan fingerprint density at radius 1 is 0.846 bits per heavy atom. The van der Waals surface area contributed by atoms with Crippen molar-refractivity contribution < 1.29 is 0 Å². The molecule has 0 atom stereocenters. The van der Waals surface area contributed by atoms with Crippen LogP contribution in [0.1, 0.15) is 37.2 Å². The van der Waals surface area contributed by atoms with Gasteiger partial charge >= 0.3 is 0 Å². The second kappa shape index (κ2) is 2.87. The van der Waals surface area contributed by atoms with E-state index in [-0.39, 0.29) is 0 Å². The van der Waals surface area contributed by atoms with Gasteiger partial charge in [0.1, 0.15) is 0 Å². The third-order valence-electron chi connectivity index (χ3n) is 3.44. The van der Waals surface area contributed by atoms with Crippen LogP contribution in [0.2, 0.25) is 0 Å². The Morgan fingerprint density at radius 3 is 1.85 bits per heavy atom. The van der Waals surface area contributed by atoms with Gasteiger partial charge in [-0.3, -0.25) is 0 Å². The third-order valence-corrected chi connectivity index (χ3v) is 3.44. The second-order valence-electron chi connectivity index (χ2n) is 4.61. The first-order valence-electron chi connectivity index (χ1n) is 5.50. The highest BCUT2D eigenvalue weighted by Crippen LogP contribution is 2.54. The van der Waals surface area contributed by atoms with Gasteiger partial charge in [0.15, 0.2) is 0 Å². The molecule has 0 heteroatoms. The average molecular weight is 172 g/mol. The van der Waals surface area contributed by atoms with Crippen molar-refractivity contribution in [2.24, 2.45) is 11.8 Å². The molecule has 2 aliphatic rings. The second-order valence-corrected chi connectivity index (χ2v) is 4.61. The Hall–Kier alpha value is -0.780. The van der Waals surface area contributed by atoms with Gasteiger partial charge in [0.25, 0.3) is 0 Å². The van der Waals surface area contributed by atoms with Crippen molar-refractivity contribution in [2.75, 3.05) is 0 Å². The molecule has 2 aliphatic carbocycles. The maximum atomic E-state index is 2.32. The highest BCUT2D eigenvalue weighted by molar-refractivity contribution is 5.24. The fourth-order valence-corrected chi connectivity index (χ4v) is 2.52. The fourth-order valence-electron chi connectivity index (χ4n) is 2.52. The zero-order chi connectivity index (χ0) is 8.67. The topological polar surface area (TPSA) is 0 Å². The molecule has 0 aromatic heterocycles. The van der Waals surface area contributed by atoms with Crippen LogP contribution in [0, 0.1) is 11.8 Å². The largest absolute Gasteiger partial charge is 0.0622 e. The highest BCUT2D eigenvalue weighted by Gasteiger charge is 2.41. The maximum absolute atomic E-state index is 2.32. The van der Waals surface area contributed by atoms with Gasteiger partial charge in [-0.25, -0.2) is 0 Å². The monoisotopic (exact) mass is 172 g/mol. The van der Waals surface area contributed by atoms with E-state index in [1.807, 2.05) is 0 Å². The van der Waals surface area contributed by atoms with Crippen molar-refractivity contribution in [1.29, 1.82) is 0 Å². The first kappa shape index (κ1) is 7.61. The van der Waals surface area contributed by atoms with Gasteiger partial charge < -0.3 is 0 Å². The van der Waals surface area contributed by atoms with Crippen molar-refractivity contribution in [3.63, 3.8) is 0 Å². The molecule has 1 aromatic rings. The molecule has 0 spiro atoms. The van der Waals surface area contributed by atoms with Crippen LogP contribution < -0.4 is 0 Å². The summed E-state index contributed by atoms with van der Waals surface area (Å²) in [5, 5.41) is 0. The Bertz CT molecular complexity index is 268. The van der Waals surface area contributed by atoms with E-state index in [0.29, 0.717) is 0 Å². The van der Waals surface area contributed by atoms with Crippen molar-refractivity contribution in [3.05, 3.63) is 35.9 Å². The van der Waals surface area contributed by atoms with Crippen LogP contribution in [-0.2, 0) is 0 Å². The SMILES string of the molecule is c1ccc(C(C2CC2)C2CC2)cc1. The van der Waals surface area contributed by atoms with Crippen LogP contribution in [0.25, 0.3) is 0 Å². The summed E-state index contributed by atoms with van der Waals surface area (Å²) in [5.41, 5.74) is 1.60. The third kappa shape index (κ3) is 1.50. The molecule has 2 fully saturated rings. The summed E-state index contributed by atoms with van der Waals surface area (Å²) in [5.74, 6) is 2.99. The van der Waals surface area contributed by atoms with Gasteiger partial charge in [-0.1, -0.05) is 30.3 Å². The van der Waals surface area contributed by atoms with Gasteiger partial charge in [0, 0.05) is 0 Å². The lowest BCUT2D eigenvalue weighted by molar-refractivity contribution is 0.538. The molecule has 0 nitrogen and oxygen atoms in total. The highest BCUT2D eigenvalue weighted by atomic mass is 14.5. The summed E-state index contributed by atoms with van der Waals surface area (Å²) in [6.45, 7) is 0. The standard InChI is InChI=1S/C13H16/c1-2-4-10(5-3-1)13(11-6-7-11)12-8-9-12/h1-5,11-13H,6-9H2. The summed E-state index contributed by atoms with van der Waals surface area (Å²) in [4.78, 5) is 0. The molecule has 3 rings (SSSR count). The normalized spacial score (nSPS) is 22.2. The Kier molecular flexibility index (Phi) is 1.68. The molecular formula is C13H16. The van der Waals surface area contributed by atoms with E-state index in [4.69, 9.17) is 0 Å². The molecule has 0 bridgehead atoms. The van der Waals surface area contributed by atoms with Crippen molar-refractivity contribution in [2.45, 2.75) is 31.6 Å². The minimum Gasteiger partial charge on any atom is -0.0622 e. The first-order valence-corrected chi connectivity index (χ1v) is 5.50. The zero-order valence-corrected chi connectivity index (χ0v) is 7.95. The molecule has 0 saturated heterocycles. The van der Waals surface area contributed by atoms with E-state index in [9.17, 15) is 0 Å². The van der Waals surface area contributed by atoms with Crippen LogP contribution in [0.3, 0.4) is 0 Å². The van der Waals surface area contributed by atoms with E-state index >= 15 is 0 Å². The molecule has 0 amide bonds. The Labute approximate surface area is 80.0 Å². The van der Waals surface area contributed by atoms with Crippen molar-refractivity contribution in [3.8, 4) is 0 Å². The number of rotatable bonds is 3. The minimum atomic E-state index is 0.918. The van der Waals surface area contributed by atoms with Crippen molar-refractivity contribution in [1.82, 2.24) is 0 Å². The molecule has 68 valence electrons. The quantitative estimate of drug-likeness (QED) is 0.653. The van der Waals surface area contributed by atoms with Gasteiger partial charge in [-0.15, -0.1) is 0 Å². The van der Waals surface area contributed by atoms with E-state index in [1.165, 1.54) is 25.7 Å². The molecule has 0 heterocycles. The van der Waals surface area contributed by atoms with Gasteiger partial charge in [-0.05, 0) is 49.0 Å². The minimum absolute atomic E-state index is 0.918. The Morgan fingerprint density at radius 2 is 1.38 bits per heavy atom. The molecule has 0 aliphatic heterocycles. The summed E-state index contributed by atoms with van der Waals surface area (Å²) in [7, 11) is 0. The predicted octanol–water partition coefficient (Wildman–Crippen LogP) is 3.59. The van der Waals surface area contributed by atoms with Gasteiger partial charge in [0.05, 0.1) is 0 Å². The average Bonchev–Trinajstić information content (AvgIpc) is 3.00. The number of benzene rings is 1. The summed E-state index contributed by atoms with van der Waals surface area (Å²) in [6, 6.07) is 11.1. The van der Waals surface area contributed by atoms with E-state index in [1.54, 1.807) is 5.56 Å². The fraction of sp³-hybridized carbons (Fsp3) is 0.538. The van der Waals surface area contributed by atoms with E-state index in [0.717, 1.165) is 17.8 Å². The maximum Gasteiger partial charge on any atom is -0.0105 e. The molecule has 1 aromatic carbocycles. The molecular weight excluding hydrogens is 156 g/mol. The molecule has 0 unspecified atom stereocenters.